The van der Waals surface area contributed by atoms with Gasteiger partial charge in [-0.1, -0.05) is 0 Å². The third-order valence-corrected chi connectivity index (χ3v) is 6.49. The number of hydrogen-bond donors (Lipinski definition) is 0. The molecule has 8 heteroatoms. The lowest BCUT2D eigenvalue weighted by Crippen LogP contribution is -2.37. The van der Waals surface area contributed by atoms with Gasteiger partial charge in [-0.25, -0.2) is 0 Å². The molecule has 0 bridgehead atoms. The van der Waals surface area contributed by atoms with E-state index in [4.69, 9.17) is 18.9 Å². The van der Waals surface area contributed by atoms with Crippen LogP contribution in [-0.2, 0) is 9.59 Å². The Balaban J connectivity index is 1.53. The molecule has 2 atom stereocenters. The van der Waals surface area contributed by atoms with Crippen LogP contribution in [0.1, 0.15) is 30.9 Å². The van der Waals surface area contributed by atoms with Gasteiger partial charge in [0.05, 0.1) is 40.4 Å². The first-order chi connectivity index (χ1) is 16.0. The third-order valence-electron chi connectivity index (χ3n) is 6.49. The van der Waals surface area contributed by atoms with Crippen molar-refractivity contribution in [2.45, 2.75) is 25.3 Å². The van der Waals surface area contributed by atoms with Gasteiger partial charge >= 0.3 is 0 Å². The number of rotatable bonds is 7. The van der Waals surface area contributed by atoms with Crippen molar-refractivity contribution in [3.8, 4) is 23.0 Å². The molecule has 2 aromatic rings. The molecule has 4 rings (SSSR count). The summed E-state index contributed by atoms with van der Waals surface area (Å²) in [5, 5.41) is 0. The molecule has 0 aromatic heterocycles. The fourth-order valence-corrected chi connectivity index (χ4v) is 4.80. The Morgan fingerprint density at radius 1 is 0.909 bits per heavy atom. The minimum absolute atomic E-state index is 0.00620. The Kier molecular flexibility index (Phi) is 6.62. The van der Waals surface area contributed by atoms with Gasteiger partial charge < -0.3 is 28.7 Å². The molecule has 0 aliphatic carbocycles. The van der Waals surface area contributed by atoms with Crippen LogP contribution in [0.15, 0.2) is 36.4 Å². The molecule has 0 radical (unpaired) electrons. The highest BCUT2D eigenvalue weighted by atomic mass is 16.5. The van der Waals surface area contributed by atoms with Crippen LogP contribution in [0.5, 0.6) is 23.0 Å². The van der Waals surface area contributed by atoms with E-state index in [2.05, 4.69) is 0 Å². The first kappa shape index (κ1) is 22.8. The maximum atomic E-state index is 13.5. The topological polar surface area (TPSA) is 77.5 Å². The monoisotopic (exact) mass is 454 g/mol. The maximum Gasteiger partial charge on any atom is 0.228 e. The number of anilines is 1. The number of ether oxygens (including phenoxy) is 4. The van der Waals surface area contributed by atoms with E-state index in [1.807, 2.05) is 29.2 Å². The van der Waals surface area contributed by atoms with Gasteiger partial charge in [-0.05, 0) is 37.1 Å². The molecule has 0 spiro atoms. The van der Waals surface area contributed by atoms with Gasteiger partial charge in [0.1, 0.15) is 11.5 Å². The van der Waals surface area contributed by atoms with Crippen LogP contribution in [0.2, 0.25) is 0 Å². The zero-order valence-electron chi connectivity index (χ0n) is 19.5. The Morgan fingerprint density at radius 3 is 2.36 bits per heavy atom. The highest BCUT2D eigenvalue weighted by Crippen LogP contribution is 2.41. The second kappa shape index (κ2) is 9.60. The van der Waals surface area contributed by atoms with Crippen molar-refractivity contribution in [3.05, 3.63) is 42.0 Å². The van der Waals surface area contributed by atoms with Crippen LogP contribution >= 0.6 is 0 Å². The number of amides is 2. The molecule has 0 N–H and O–H groups in total. The largest absolute Gasteiger partial charge is 0.497 e. The normalized spacial score (nSPS) is 20.2. The molecular weight excluding hydrogens is 424 g/mol. The average Bonchev–Trinajstić information content (AvgIpc) is 3.49. The van der Waals surface area contributed by atoms with E-state index in [1.54, 1.807) is 45.5 Å². The Labute approximate surface area is 194 Å². The number of hydrogen-bond acceptors (Lipinski definition) is 6. The van der Waals surface area contributed by atoms with E-state index in [1.165, 1.54) is 0 Å². The van der Waals surface area contributed by atoms with Gasteiger partial charge in [-0.15, -0.1) is 0 Å². The van der Waals surface area contributed by atoms with Crippen molar-refractivity contribution >= 4 is 17.5 Å². The van der Waals surface area contributed by atoms with Crippen LogP contribution in [0, 0.1) is 5.92 Å². The number of likely N-dealkylation sites (tertiary alicyclic amines) is 1. The van der Waals surface area contributed by atoms with E-state index in [-0.39, 0.29) is 24.3 Å². The van der Waals surface area contributed by atoms with Crippen LogP contribution in [0.3, 0.4) is 0 Å². The van der Waals surface area contributed by atoms with E-state index in [0.29, 0.717) is 41.8 Å². The predicted octanol–water partition coefficient (Wildman–Crippen LogP) is 3.44. The van der Waals surface area contributed by atoms with E-state index in [0.717, 1.165) is 18.4 Å². The summed E-state index contributed by atoms with van der Waals surface area (Å²) in [6.45, 7) is 1.01. The molecule has 176 valence electrons. The Bertz CT molecular complexity index is 1040. The Morgan fingerprint density at radius 2 is 1.67 bits per heavy atom. The van der Waals surface area contributed by atoms with Gasteiger partial charge in [0.25, 0.3) is 0 Å². The van der Waals surface area contributed by atoms with Crippen molar-refractivity contribution in [1.29, 1.82) is 0 Å². The van der Waals surface area contributed by atoms with Crippen molar-refractivity contribution in [2.75, 3.05) is 46.4 Å². The van der Waals surface area contributed by atoms with Crippen LogP contribution < -0.4 is 23.8 Å². The molecule has 2 amide bonds. The number of carbonyl (C=O) groups is 2. The minimum Gasteiger partial charge on any atom is -0.497 e. The quantitative estimate of drug-likeness (QED) is 0.638. The van der Waals surface area contributed by atoms with Crippen molar-refractivity contribution in [3.63, 3.8) is 0 Å². The lowest BCUT2D eigenvalue weighted by Gasteiger charge is -2.29. The molecule has 2 aliphatic rings. The molecule has 0 unspecified atom stereocenters. The van der Waals surface area contributed by atoms with Crippen LogP contribution in [0.4, 0.5) is 5.69 Å². The van der Waals surface area contributed by atoms with Crippen molar-refractivity contribution in [1.82, 2.24) is 4.90 Å². The maximum absolute atomic E-state index is 13.5. The summed E-state index contributed by atoms with van der Waals surface area (Å²) >= 11 is 0. The molecule has 2 heterocycles. The smallest absolute Gasteiger partial charge is 0.228 e. The molecule has 8 nitrogen and oxygen atoms in total. The van der Waals surface area contributed by atoms with Gasteiger partial charge in [-0.3, -0.25) is 9.59 Å². The summed E-state index contributed by atoms with van der Waals surface area (Å²) in [6, 6.07) is 11.0. The third kappa shape index (κ3) is 4.29. The molecule has 2 aliphatic heterocycles. The molecule has 0 saturated carbocycles. The van der Waals surface area contributed by atoms with Crippen LogP contribution in [-0.4, -0.2) is 58.2 Å². The number of nitrogens with zero attached hydrogens (tertiary/aromatic N) is 2. The van der Waals surface area contributed by atoms with E-state index < -0.39 is 5.92 Å². The molecule has 2 fully saturated rings. The summed E-state index contributed by atoms with van der Waals surface area (Å²) in [5.74, 6) is 2.09. The van der Waals surface area contributed by atoms with Crippen molar-refractivity contribution < 1.29 is 28.5 Å². The average molecular weight is 455 g/mol. The zero-order valence-corrected chi connectivity index (χ0v) is 19.5. The molecule has 2 aromatic carbocycles. The number of methoxy groups -OCH3 is 4. The fraction of sp³-hybridized carbons (Fsp3) is 0.440. The van der Waals surface area contributed by atoms with Gasteiger partial charge in [0.15, 0.2) is 11.5 Å². The van der Waals surface area contributed by atoms with Gasteiger partial charge in [0, 0.05) is 42.9 Å². The Hall–Kier alpha value is -3.42. The summed E-state index contributed by atoms with van der Waals surface area (Å²) < 4.78 is 21.5. The predicted molar refractivity (Wildman–Crippen MR) is 123 cm³/mol. The van der Waals surface area contributed by atoms with Gasteiger partial charge in [-0.2, -0.15) is 0 Å². The van der Waals surface area contributed by atoms with Crippen molar-refractivity contribution in [2.24, 2.45) is 5.92 Å². The lowest BCUT2D eigenvalue weighted by atomic mass is 10.0. The lowest BCUT2D eigenvalue weighted by molar-refractivity contribution is -0.136. The second-order valence-electron chi connectivity index (χ2n) is 8.24. The second-order valence-corrected chi connectivity index (χ2v) is 8.24. The number of benzene rings is 2. The summed E-state index contributed by atoms with van der Waals surface area (Å²) in [5.41, 5.74) is 1.66. The summed E-state index contributed by atoms with van der Waals surface area (Å²) in [7, 11) is 6.36. The molecule has 2 saturated heterocycles. The van der Waals surface area contributed by atoms with E-state index >= 15 is 0 Å². The van der Waals surface area contributed by atoms with E-state index in [9.17, 15) is 9.59 Å². The van der Waals surface area contributed by atoms with Gasteiger partial charge in [0.2, 0.25) is 11.8 Å². The SMILES string of the molecule is COc1ccc([C@H]2CCCN2C(=O)[C@@H]2CC(=O)N(c3ccc(OC)c(OC)c3)C2)c(OC)c1. The van der Waals surface area contributed by atoms with Crippen LogP contribution in [0.25, 0.3) is 0 Å². The standard InChI is InChI=1S/C25H30N2O6/c1-30-18-8-9-19(22(14-18)32-3)20-6-5-11-26(20)25(29)16-12-24(28)27(15-16)17-7-10-21(31-2)23(13-17)33-4/h7-10,13-14,16,20H,5-6,11-12,15H2,1-4H3/t16-,20-/m1/s1. The first-order valence-electron chi connectivity index (χ1n) is 11.1. The number of carbonyl (C=O) groups excluding carboxylic acids is 2. The summed E-state index contributed by atoms with van der Waals surface area (Å²) in [6.07, 6.45) is 1.95. The highest BCUT2D eigenvalue weighted by molar-refractivity contribution is 6.00. The fourth-order valence-electron chi connectivity index (χ4n) is 4.80. The highest BCUT2D eigenvalue weighted by Gasteiger charge is 2.41. The minimum atomic E-state index is -0.393. The summed E-state index contributed by atoms with van der Waals surface area (Å²) in [4.78, 5) is 29.9. The first-order valence-corrected chi connectivity index (χ1v) is 11.1. The molecule has 33 heavy (non-hydrogen) atoms. The molecular formula is C25H30N2O6. The zero-order chi connectivity index (χ0) is 23.5.